The van der Waals surface area contributed by atoms with Crippen LogP contribution in [0.25, 0.3) is 0 Å². The van der Waals surface area contributed by atoms with Gasteiger partial charge >= 0.3 is 0 Å². The topological polar surface area (TPSA) is 62.1 Å². The van der Waals surface area contributed by atoms with Crippen molar-refractivity contribution in [2.45, 2.75) is 6.92 Å². The van der Waals surface area contributed by atoms with Gasteiger partial charge in [0.15, 0.2) is 6.61 Å². The zero-order valence-corrected chi connectivity index (χ0v) is 13.0. The van der Waals surface area contributed by atoms with Crippen LogP contribution in [0.1, 0.15) is 15.9 Å². The quantitative estimate of drug-likeness (QED) is 0.914. The van der Waals surface area contributed by atoms with Gasteiger partial charge in [0.1, 0.15) is 11.8 Å². The summed E-state index contributed by atoms with van der Waals surface area (Å²) in [6, 6.07) is 14.4. The summed E-state index contributed by atoms with van der Waals surface area (Å²) in [6.07, 6.45) is 0. The number of amides is 1. The highest BCUT2D eigenvalue weighted by atomic mass is 79.9. The summed E-state index contributed by atoms with van der Waals surface area (Å²) in [7, 11) is 0. The number of nitrogens with one attached hydrogen (secondary N) is 1. The molecule has 21 heavy (non-hydrogen) atoms. The van der Waals surface area contributed by atoms with Crippen LogP contribution in [-0.4, -0.2) is 12.5 Å². The van der Waals surface area contributed by atoms with Crippen LogP contribution in [0.5, 0.6) is 5.75 Å². The third-order valence-electron chi connectivity index (χ3n) is 2.76. The lowest BCUT2D eigenvalue weighted by atomic mass is 10.1. The van der Waals surface area contributed by atoms with Crippen LogP contribution in [0.3, 0.4) is 0 Å². The third kappa shape index (κ3) is 4.07. The van der Waals surface area contributed by atoms with Gasteiger partial charge in [-0.25, -0.2) is 0 Å². The van der Waals surface area contributed by atoms with Crippen LogP contribution in [0.15, 0.2) is 46.9 Å². The first-order chi connectivity index (χ1) is 10.1. The molecule has 0 atom stereocenters. The lowest BCUT2D eigenvalue weighted by Crippen LogP contribution is -2.12. The molecule has 0 radical (unpaired) electrons. The van der Waals surface area contributed by atoms with Crippen LogP contribution < -0.4 is 10.1 Å². The number of carbonyl (C=O) groups is 1. The van der Waals surface area contributed by atoms with E-state index in [4.69, 9.17) is 10.00 Å². The zero-order chi connectivity index (χ0) is 15.2. The smallest absolute Gasteiger partial charge is 0.256 e. The van der Waals surface area contributed by atoms with Crippen molar-refractivity contribution in [1.29, 1.82) is 5.26 Å². The molecule has 0 bridgehead atoms. The summed E-state index contributed by atoms with van der Waals surface area (Å²) >= 11 is 3.39. The van der Waals surface area contributed by atoms with E-state index in [9.17, 15) is 4.79 Å². The Labute approximate surface area is 131 Å². The molecule has 1 amide bonds. The van der Waals surface area contributed by atoms with Gasteiger partial charge in [-0.3, -0.25) is 4.79 Å². The fourth-order valence-electron chi connectivity index (χ4n) is 1.78. The summed E-state index contributed by atoms with van der Waals surface area (Å²) in [4.78, 5) is 12.2. The van der Waals surface area contributed by atoms with E-state index in [1.165, 1.54) is 0 Å². The Morgan fingerprint density at radius 2 is 2.14 bits per heavy atom. The van der Waals surface area contributed by atoms with E-state index in [2.05, 4.69) is 21.2 Å². The lowest BCUT2D eigenvalue weighted by Gasteiger charge is -2.09. The first kappa shape index (κ1) is 15.1. The maximum Gasteiger partial charge on any atom is 0.256 e. The van der Waals surface area contributed by atoms with E-state index >= 15 is 0 Å². The van der Waals surface area contributed by atoms with E-state index in [1.54, 1.807) is 30.3 Å². The molecule has 0 heterocycles. The number of carbonyl (C=O) groups excluding carboxylic acids is 1. The zero-order valence-electron chi connectivity index (χ0n) is 11.4. The van der Waals surface area contributed by atoms with Crippen LogP contribution in [0.4, 0.5) is 5.69 Å². The first-order valence-corrected chi connectivity index (χ1v) is 7.07. The SMILES string of the molecule is Cc1ccc(C(=O)Nc2cccc(OCC#N)c2)c(Br)c1. The van der Waals surface area contributed by atoms with Crippen molar-refractivity contribution in [3.63, 3.8) is 0 Å². The van der Waals surface area contributed by atoms with E-state index < -0.39 is 0 Å². The fourth-order valence-corrected chi connectivity index (χ4v) is 2.46. The summed E-state index contributed by atoms with van der Waals surface area (Å²) < 4.78 is 5.95. The van der Waals surface area contributed by atoms with Gasteiger partial charge in [0, 0.05) is 16.2 Å². The normalized spacial score (nSPS) is 9.76. The molecule has 0 aliphatic heterocycles. The van der Waals surface area contributed by atoms with E-state index in [1.807, 2.05) is 25.1 Å². The van der Waals surface area contributed by atoms with Crippen LogP contribution in [0.2, 0.25) is 0 Å². The highest BCUT2D eigenvalue weighted by molar-refractivity contribution is 9.10. The van der Waals surface area contributed by atoms with Gasteiger partial charge < -0.3 is 10.1 Å². The van der Waals surface area contributed by atoms with Crippen molar-refractivity contribution in [2.24, 2.45) is 0 Å². The number of anilines is 1. The van der Waals surface area contributed by atoms with Gasteiger partial charge in [-0.15, -0.1) is 0 Å². The predicted molar refractivity (Wildman–Crippen MR) is 84.4 cm³/mol. The number of ether oxygens (including phenoxy) is 1. The molecule has 0 aliphatic rings. The number of nitriles is 1. The maximum absolute atomic E-state index is 12.2. The highest BCUT2D eigenvalue weighted by Gasteiger charge is 2.10. The molecule has 2 aromatic rings. The molecule has 0 saturated carbocycles. The average Bonchev–Trinajstić information content (AvgIpc) is 2.45. The molecule has 2 rings (SSSR count). The molecular weight excluding hydrogens is 332 g/mol. The van der Waals surface area contributed by atoms with E-state index in [0.29, 0.717) is 17.0 Å². The van der Waals surface area contributed by atoms with E-state index in [-0.39, 0.29) is 12.5 Å². The van der Waals surface area contributed by atoms with Crippen molar-refractivity contribution in [1.82, 2.24) is 0 Å². The van der Waals surface area contributed by atoms with Gasteiger partial charge in [-0.1, -0.05) is 12.1 Å². The molecule has 0 unspecified atom stereocenters. The minimum atomic E-state index is -0.209. The van der Waals surface area contributed by atoms with Crippen LogP contribution in [0, 0.1) is 18.3 Å². The lowest BCUT2D eigenvalue weighted by molar-refractivity contribution is 0.102. The molecule has 4 nitrogen and oxygen atoms in total. The Morgan fingerprint density at radius 1 is 1.33 bits per heavy atom. The fraction of sp³-hybridized carbons (Fsp3) is 0.125. The number of halogens is 1. The molecule has 0 saturated heterocycles. The Hall–Kier alpha value is -2.32. The van der Waals surface area contributed by atoms with Gasteiger partial charge in [-0.05, 0) is 52.7 Å². The number of aryl methyl sites for hydroxylation is 1. The predicted octanol–water partition coefficient (Wildman–Crippen LogP) is 3.91. The second-order valence-electron chi connectivity index (χ2n) is 4.41. The van der Waals surface area contributed by atoms with Crippen LogP contribution in [-0.2, 0) is 0 Å². The average molecular weight is 345 g/mol. The number of benzene rings is 2. The Kier molecular flexibility index (Phi) is 4.96. The van der Waals surface area contributed by atoms with Crippen molar-refractivity contribution in [3.05, 3.63) is 58.1 Å². The number of hydrogen-bond donors (Lipinski definition) is 1. The Morgan fingerprint density at radius 3 is 2.86 bits per heavy atom. The highest BCUT2D eigenvalue weighted by Crippen LogP contribution is 2.21. The standard InChI is InChI=1S/C16H13BrN2O2/c1-11-5-6-14(15(17)9-11)16(20)19-12-3-2-4-13(10-12)21-8-7-18/h2-6,9-10H,8H2,1H3,(H,19,20). The second kappa shape index (κ2) is 6.91. The number of hydrogen-bond acceptors (Lipinski definition) is 3. The molecule has 0 aliphatic carbocycles. The summed E-state index contributed by atoms with van der Waals surface area (Å²) in [5.41, 5.74) is 2.25. The van der Waals surface area contributed by atoms with Gasteiger partial charge in [0.2, 0.25) is 0 Å². The molecule has 106 valence electrons. The molecule has 0 spiro atoms. The molecular formula is C16H13BrN2O2. The Balaban J connectivity index is 2.14. The largest absolute Gasteiger partial charge is 0.479 e. The van der Waals surface area contributed by atoms with Gasteiger partial charge in [0.25, 0.3) is 5.91 Å². The Bertz CT molecular complexity index is 708. The summed E-state index contributed by atoms with van der Waals surface area (Å²) in [5, 5.41) is 11.3. The van der Waals surface area contributed by atoms with Crippen molar-refractivity contribution < 1.29 is 9.53 Å². The minimum absolute atomic E-state index is 0.0269. The minimum Gasteiger partial charge on any atom is -0.479 e. The molecule has 0 fully saturated rings. The van der Waals surface area contributed by atoms with Crippen molar-refractivity contribution >= 4 is 27.5 Å². The van der Waals surface area contributed by atoms with Crippen molar-refractivity contribution in [2.75, 3.05) is 11.9 Å². The molecule has 1 N–H and O–H groups in total. The monoisotopic (exact) mass is 344 g/mol. The summed E-state index contributed by atoms with van der Waals surface area (Å²) in [5.74, 6) is 0.330. The van der Waals surface area contributed by atoms with Crippen LogP contribution >= 0.6 is 15.9 Å². The second-order valence-corrected chi connectivity index (χ2v) is 5.27. The third-order valence-corrected chi connectivity index (χ3v) is 3.42. The maximum atomic E-state index is 12.2. The van der Waals surface area contributed by atoms with E-state index in [0.717, 1.165) is 10.0 Å². The molecule has 2 aromatic carbocycles. The number of nitrogens with zero attached hydrogens (tertiary/aromatic N) is 1. The van der Waals surface area contributed by atoms with Gasteiger partial charge in [-0.2, -0.15) is 5.26 Å². The summed E-state index contributed by atoms with van der Waals surface area (Å²) in [6.45, 7) is 1.93. The van der Waals surface area contributed by atoms with Crippen molar-refractivity contribution in [3.8, 4) is 11.8 Å². The first-order valence-electron chi connectivity index (χ1n) is 6.27. The van der Waals surface area contributed by atoms with Gasteiger partial charge in [0.05, 0.1) is 5.56 Å². The number of rotatable bonds is 4. The molecule has 5 heteroatoms. The molecule has 0 aromatic heterocycles.